The molecular formula is C21H20N4O. The summed E-state index contributed by atoms with van der Waals surface area (Å²) in [6.07, 6.45) is 6.35. The van der Waals surface area contributed by atoms with E-state index in [9.17, 15) is 4.79 Å². The Kier molecular flexibility index (Phi) is 4.51. The van der Waals surface area contributed by atoms with Crippen molar-refractivity contribution in [1.29, 1.82) is 0 Å². The van der Waals surface area contributed by atoms with Crippen LogP contribution in [0.3, 0.4) is 0 Å². The van der Waals surface area contributed by atoms with Gasteiger partial charge in [0.15, 0.2) is 0 Å². The summed E-state index contributed by atoms with van der Waals surface area (Å²) >= 11 is 0. The maximum Gasteiger partial charge on any atom is 0.326 e. The van der Waals surface area contributed by atoms with Crippen molar-refractivity contribution in [3.63, 3.8) is 0 Å². The van der Waals surface area contributed by atoms with Gasteiger partial charge in [-0.25, -0.2) is 9.78 Å². The van der Waals surface area contributed by atoms with E-state index in [0.29, 0.717) is 6.54 Å². The molecule has 2 heterocycles. The van der Waals surface area contributed by atoms with Crippen LogP contribution in [0.2, 0.25) is 0 Å². The normalized spacial score (nSPS) is 10.9. The minimum Gasteiger partial charge on any atom is -0.358 e. The zero-order valence-corrected chi connectivity index (χ0v) is 14.4. The molecule has 5 heteroatoms. The fourth-order valence-corrected chi connectivity index (χ4v) is 3.24. The summed E-state index contributed by atoms with van der Waals surface area (Å²) in [4.78, 5) is 19.5. The highest BCUT2D eigenvalue weighted by molar-refractivity contribution is 5.85. The number of nitrogens with zero attached hydrogens (tertiary/aromatic N) is 2. The van der Waals surface area contributed by atoms with E-state index in [1.165, 1.54) is 33.1 Å². The van der Waals surface area contributed by atoms with Gasteiger partial charge in [-0.2, -0.15) is 0 Å². The third kappa shape index (κ3) is 3.37. The highest BCUT2D eigenvalue weighted by Gasteiger charge is 2.12. The number of imidazole rings is 1. The number of hydrogen-bond acceptors (Lipinski definition) is 2. The van der Waals surface area contributed by atoms with E-state index in [1.54, 1.807) is 12.4 Å². The van der Waals surface area contributed by atoms with Gasteiger partial charge in [-0.3, -0.25) is 4.57 Å². The third-order valence-electron chi connectivity index (χ3n) is 4.52. The lowest BCUT2D eigenvalue weighted by Gasteiger charge is -2.07. The van der Waals surface area contributed by atoms with Crippen molar-refractivity contribution in [2.24, 2.45) is 0 Å². The van der Waals surface area contributed by atoms with Gasteiger partial charge in [-0.1, -0.05) is 48.5 Å². The van der Waals surface area contributed by atoms with E-state index < -0.39 is 0 Å². The molecule has 4 aromatic rings. The van der Waals surface area contributed by atoms with Crippen molar-refractivity contribution in [2.45, 2.75) is 12.8 Å². The molecule has 2 aromatic carbocycles. The zero-order chi connectivity index (χ0) is 17.8. The summed E-state index contributed by atoms with van der Waals surface area (Å²) < 4.78 is 1.44. The Labute approximate surface area is 151 Å². The van der Waals surface area contributed by atoms with Gasteiger partial charge in [0.05, 0.1) is 0 Å². The van der Waals surface area contributed by atoms with Gasteiger partial charge >= 0.3 is 6.03 Å². The standard InChI is InChI=1S/C21H20N4O/c26-21(25-13-12-22-15-25)23-11-10-20-18(14-16-6-2-1-3-7-16)17-8-4-5-9-19(17)24-20/h1-9,12-13,15,24H,10-11,14H2,(H,23,26). The number of hydrogen-bond donors (Lipinski definition) is 2. The monoisotopic (exact) mass is 344 g/mol. The molecule has 0 saturated carbocycles. The van der Waals surface area contributed by atoms with Gasteiger partial charge in [0.2, 0.25) is 0 Å². The van der Waals surface area contributed by atoms with Crippen LogP contribution in [0.1, 0.15) is 16.8 Å². The summed E-state index contributed by atoms with van der Waals surface area (Å²) in [7, 11) is 0. The van der Waals surface area contributed by atoms with Crippen molar-refractivity contribution in [3.05, 3.63) is 90.1 Å². The number of nitrogens with one attached hydrogen (secondary N) is 2. The number of carbonyl (C=O) groups excluding carboxylic acids is 1. The number of benzene rings is 2. The van der Waals surface area contributed by atoms with Crippen molar-refractivity contribution < 1.29 is 4.79 Å². The minimum atomic E-state index is -0.164. The molecule has 0 aliphatic rings. The Morgan fingerprint density at radius 3 is 2.69 bits per heavy atom. The quantitative estimate of drug-likeness (QED) is 0.579. The van der Waals surface area contributed by atoms with Gasteiger partial charge in [0, 0.05) is 42.0 Å². The van der Waals surface area contributed by atoms with Gasteiger partial charge in [-0.15, -0.1) is 0 Å². The minimum absolute atomic E-state index is 0.164. The topological polar surface area (TPSA) is 62.7 Å². The second-order valence-corrected chi connectivity index (χ2v) is 6.24. The second-order valence-electron chi connectivity index (χ2n) is 6.24. The van der Waals surface area contributed by atoms with E-state index in [-0.39, 0.29) is 6.03 Å². The van der Waals surface area contributed by atoms with Crippen LogP contribution < -0.4 is 5.32 Å². The predicted octanol–water partition coefficient (Wildman–Crippen LogP) is 3.76. The number of fused-ring (bicyclic) bond motifs is 1. The van der Waals surface area contributed by atoms with E-state index in [0.717, 1.165) is 18.4 Å². The molecule has 0 bridgehead atoms. The summed E-state index contributed by atoms with van der Waals surface area (Å²) in [6.45, 7) is 0.561. The van der Waals surface area contributed by atoms with E-state index in [2.05, 4.69) is 57.7 Å². The molecule has 5 nitrogen and oxygen atoms in total. The molecule has 0 radical (unpaired) electrons. The molecule has 1 amide bonds. The van der Waals surface area contributed by atoms with E-state index in [4.69, 9.17) is 0 Å². The Balaban J connectivity index is 1.54. The van der Waals surface area contributed by atoms with Crippen molar-refractivity contribution >= 4 is 16.9 Å². The van der Waals surface area contributed by atoms with Crippen LogP contribution in [0.4, 0.5) is 4.79 Å². The summed E-state index contributed by atoms with van der Waals surface area (Å²) in [5.41, 5.74) is 4.87. The predicted molar refractivity (Wildman–Crippen MR) is 102 cm³/mol. The van der Waals surface area contributed by atoms with Crippen molar-refractivity contribution in [1.82, 2.24) is 19.9 Å². The van der Waals surface area contributed by atoms with Gasteiger partial charge in [-0.05, 0) is 23.6 Å². The molecule has 26 heavy (non-hydrogen) atoms. The van der Waals surface area contributed by atoms with Crippen LogP contribution in [-0.2, 0) is 12.8 Å². The fraction of sp³-hybridized carbons (Fsp3) is 0.143. The van der Waals surface area contributed by atoms with Crippen LogP contribution >= 0.6 is 0 Å². The van der Waals surface area contributed by atoms with Crippen LogP contribution in [0, 0.1) is 0 Å². The van der Waals surface area contributed by atoms with Gasteiger partial charge < -0.3 is 10.3 Å². The molecule has 2 N–H and O–H groups in total. The first-order valence-corrected chi connectivity index (χ1v) is 8.70. The molecule has 0 fully saturated rings. The van der Waals surface area contributed by atoms with Gasteiger partial charge in [0.25, 0.3) is 0 Å². The number of aromatic amines is 1. The van der Waals surface area contributed by atoms with Crippen molar-refractivity contribution in [2.75, 3.05) is 6.54 Å². The molecule has 2 aromatic heterocycles. The van der Waals surface area contributed by atoms with Crippen LogP contribution in [-0.4, -0.2) is 27.1 Å². The van der Waals surface area contributed by atoms with E-state index >= 15 is 0 Å². The Bertz CT molecular complexity index is 1000. The summed E-state index contributed by atoms with van der Waals surface area (Å²) in [5, 5.41) is 4.18. The maximum absolute atomic E-state index is 12.0. The van der Waals surface area contributed by atoms with Gasteiger partial charge in [0.1, 0.15) is 6.33 Å². The van der Waals surface area contributed by atoms with Crippen LogP contribution in [0.25, 0.3) is 10.9 Å². The molecule has 0 aliphatic carbocycles. The molecule has 4 rings (SSSR count). The fourth-order valence-electron chi connectivity index (χ4n) is 3.24. The number of rotatable bonds is 5. The number of aromatic nitrogens is 3. The lowest BCUT2D eigenvalue weighted by atomic mass is 10.0. The maximum atomic E-state index is 12.0. The first-order valence-electron chi connectivity index (χ1n) is 8.70. The number of amides is 1. The van der Waals surface area contributed by atoms with Crippen LogP contribution in [0.15, 0.2) is 73.3 Å². The smallest absolute Gasteiger partial charge is 0.326 e. The second kappa shape index (κ2) is 7.27. The number of H-pyrrole nitrogens is 1. The highest BCUT2D eigenvalue weighted by atomic mass is 16.2. The summed E-state index contributed by atoms with van der Waals surface area (Å²) in [6, 6.07) is 18.6. The first-order chi connectivity index (χ1) is 12.8. The molecule has 0 spiro atoms. The number of para-hydroxylation sites is 1. The molecule has 0 aliphatic heterocycles. The lowest BCUT2D eigenvalue weighted by molar-refractivity contribution is 0.242. The van der Waals surface area contributed by atoms with E-state index in [1.807, 2.05) is 12.1 Å². The Morgan fingerprint density at radius 1 is 1.08 bits per heavy atom. The Morgan fingerprint density at radius 2 is 1.88 bits per heavy atom. The Hall–Kier alpha value is -3.34. The zero-order valence-electron chi connectivity index (χ0n) is 14.4. The summed E-state index contributed by atoms with van der Waals surface area (Å²) in [5.74, 6) is 0. The third-order valence-corrected chi connectivity index (χ3v) is 4.52. The molecular weight excluding hydrogens is 324 g/mol. The lowest BCUT2D eigenvalue weighted by Crippen LogP contribution is -2.29. The molecule has 130 valence electrons. The molecule has 0 unspecified atom stereocenters. The van der Waals surface area contributed by atoms with Crippen LogP contribution in [0.5, 0.6) is 0 Å². The average Bonchev–Trinajstić information content (AvgIpc) is 3.32. The van der Waals surface area contributed by atoms with Crippen molar-refractivity contribution in [3.8, 4) is 0 Å². The highest BCUT2D eigenvalue weighted by Crippen LogP contribution is 2.25. The largest absolute Gasteiger partial charge is 0.358 e. The SMILES string of the molecule is O=C(NCCc1[nH]c2ccccc2c1Cc1ccccc1)n1ccnc1. The number of carbonyl (C=O) groups is 1. The first kappa shape index (κ1) is 16.1. The molecule has 0 atom stereocenters. The molecule has 0 saturated heterocycles. The average molecular weight is 344 g/mol.